The lowest BCUT2D eigenvalue weighted by atomic mass is 10.1. The van der Waals surface area contributed by atoms with Crippen LogP contribution in [0.3, 0.4) is 0 Å². The number of nitrogens with zero attached hydrogens (tertiary/aromatic N) is 1. The van der Waals surface area contributed by atoms with Crippen LogP contribution in [0.5, 0.6) is 0 Å². The SMILES string of the molecule is NC(=O)c1cn(C2CC2)c2ccc(F)cc2c1=O. The highest BCUT2D eigenvalue weighted by molar-refractivity contribution is 5.96. The molecule has 0 unspecified atom stereocenters. The number of hydrogen-bond donors (Lipinski definition) is 1. The Morgan fingerprint density at radius 2 is 2.11 bits per heavy atom. The van der Waals surface area contributed by atoms with Gasteiger partial charge in [0.05, 0.1) is 5.52 Å². The molecule has 4 nitrogen and oxygen atoms in total. The van der Waals surface area contributed by atoms with E-state index in [2.05, 4.69) is 0 Å². The van der Waals surface area contributed by atoms with Gasteiger partial charge in [0, 0.05) is 17.6 Å². The molecule has 0 aliphatic heterocycles. The lowest BCUT2D eigenvalue weighted by molar-refractivity contribution is 0.0999. The van der Waals surface area contributed by atoms with E-state index in [0.29, 0.717) is 5.52 Å². The first kappa shape index (κ1) is 11.0. The topological polar surface area (TPSA) is 65.1 Å². The van der Waals surface area contributed by atoms with Crippen LogP contribution in [0.25, 0.3) is 10.9 Å². The van der Waals surface area contributed by atoms with Crippen molar-refractivity contribution in [2.75, 3.05) is 0 Å². The first-order valence-electron chi connectivity index (χ1n) is 5.72. The molecule has 5 heteroatoms. The molecule has 1 saturated carbocycles. The highest BCUT2D eigenvalue weighted by Crippen LogP contribution is 2.36. The summed E-state index contributed by atoms with van der Waals surface area (Å²) in [5.74, 6) is -1.27. The molecule has 1 aliphatic carbocycles. The van der Waals surface area contributed by atoms with Gasteiger partial charge in [0.25, 0.3) is 5.91 Å². The second-order valence-corrected chi connectivity index (χ2v) is 4.54. The fourth-order valence-electron chi connectivity index (χ4n) is 2.16. The van der Waals surface area contributed by atoms with Gasteiger partial charge < -0.3 is 10.3 Å². The molecule has 1 aromatic carbocycles. The van der Waals surface area contributed by atoms with Crippen LogP contribution in [-0.2, 0) is 0 Å². The normalized spacial score (nSPS) is 14.9. The zero-order valence-electron chi connectivity index (χ0n) is 9.52. The van der Waals surface area contributed by atoms with Crippen LogP contribution >= 0.6 is 0 Å². The van der Waals surface area contributed by atoms with Gasteiger partial charge in [-0.3, -0.25) is 9.59 Å². The van der Waals surface area contributed by atoms with Gasteiger partial charge in [-0.25, -0.2) is 4.39 Å². The predicted octanol–water partition coefficient (Wildman–Crippen LogP) is 1.57. The number of carbonyl (C=O) groups excluding carboxylic acids is 1. The Hall–Kier alpha value is -2.17. The maximum absolute atomic E-state index is 13.2. The van der Waals surface area contributed by atoms with Gasteiger partial charge in [-0.1, -0.05) is 0 Å². The van der Waals surface area contributed by atoms with Crippen molar-refractivity contribution in [1.29, 1.82) is 0 Å². The third-order valence-corrected chi connectivity index (χ3v) is 3.20. The number of primary amides is 1. The molecule has 2 N–H and O–H groups in total. The summed E-state index contributed by atoms with van der Waals surface area (Å²) in [5, 5.41) is 0.207. The molecule has 18 heavy (non-hydrogen) atoms. The molecule has 0 spiro atoms. The highest BCUT2D eigenvalue weighted by Gasteiger charge is 2.26. The maximum atomic E-state index is 13.2. The van der Waals surface area contributed by atoms with Crippen molar-refractivity contribution in [2.45, 2.75) is 18.9 Å². The molecule has 1 heterocycles. The second-order valence-electron chi connectivity index (χ2n) is 4.54. The van der Waals surface area contributed by atoms with Gasteiger partial charge in [0.15, 0.2) is 0 Å². The summed E-state index contributed by atoms with van der Waals surface area (Å²) in [4.78, 5) is 23.3. The third kappa shape index (κ3) is 1.59. The van der Waals surface area contributed by atoms with Crippen LogP contribution in [0.4, 0.5) is 4.39 Å². The molecule has 0 saturated heterocycles. The molecular weight excluding hydrogens is 235 g/mol. The van der Waals surface area contributed by atoms with E-state index in [1.54, 1.807) is 6.07 Å². The molecule has 92 valence electrons. The number of halogens is 1. The summed E-state index contributed by atoms with van der Waals surface area (Å²) in [6.45, 7) is 0. The largest absolute Gasteiger partial charge is 0.365 e. The molecule has 0 atom stereocenters. The van der Waals surface area contributed by atoms with E-state index >= 15 is 0 Å². The Morgan fingerprint density at radius 3 is 2.72 bits per heavy atom. The summed E-state index contributed by atoms with van der Waals surface area (Å²) < 4.78 is 15.1. The van der Waals surface area contributed by atoms with Crippen molar-refractivity contribution in [3.8, 4) is 0 Å². The molecular formula is C13H11FN2O2. The zero-order valence-corrected chi connectivity index (χ0v) is 9.52. The lowest BCUT2D eigenvalue weighted by Gasteiger charge is -2.11. The fourth-order valence-corrected chi connectivity index (χ4v) is 2.16. The Labute approximate surface area is 102 Å². The molecule has 1 amide bonds. The van der Waals surface area contributed by atoms with Gasteiger partial charge in [-0.15, -0.1) is 0 Å². The van der Waals surface area contributed by atoms with Gasteiger partial charge in [-0.2, -0.15) is 0 Å². The molecule has 0 bridgehead atoms. The number of pyridine rings is 1. The van der Waals surface area contributed by atoms with E-state index in [4.69, 9.17) is 5.73 Å². The van der Waals surface area contributed by atoms with Crippen molar-refractivity contribution in [1.82, 2.24) is 4.57 Å². The van der Waals surface area contributed by atoms with Gasteiger partial charge in [0.2, 0.25) is 5.43 Å². The van der Waals surface area contributed by atoms with Crippen molar-refractivity contribution in [3.05, 3.63) is 46.0 Å². The fraction of sp³-hybridized carbons (Fsp3) is 0.231. The van der Waals surface area contributed by atoms with Crippen molar-refractivity contribution < 1.29 is 9.18 Å². The second kappa shape index (κ2) is 3.66. The van der Waals surface area contributed by atoms with E-state index < -0.39 is 17.2 Å². The van der Waals surface area contributed by atoms with E-state index in [1.807, 2.05) is 4.57 Å². The molecule has 1 fully saturated rings. The van der Waals surface area contributed by atoms with Crippen LogP contribution in [0, 0.1) is 5.82 Å². The summed E-state index contributed by atoms with van der Waals surface area (Å²) in [5.41, 5.74) is 5.25. The summed E-state index contributed by atoms with van der Waals surface area (Å²) >= 11 is 0. The molecule has 1 aromatic heterocycles. The monoisotopic (exact) mass is 246 g/mol. The number of hydrogen-bond acceptors (Lipinski definition) is 2. The minimum Gasteiger partial charge on any atom is -0.365 e. The van der Waals surface area contributed by atoms with Crippen molar-refractivity contribution >= 4 is 16.8 Å². The van der Waals surface area contributed by atoms with Crippen molar-refractivity contribution in [3.63, 3.8) is 0 Å². The molecule has 0 radical (unpaired) electrons. The van der Waals surface area contributed by atoms with Crippen LogP contribution < -0.4 is 11.2 Å². The van der Waals surface area contributed by atoms with Crippen molar-refractivity contribution in [2.24, 2.45) is 5.73 Å². The first-order chi connectivity index (χ1) is 8.58. The van der Waals surface area contributed by atoms with Crippen LogP contribution in [-0.4, -0.2) is 10.5 Å². The Bertz CT molecular complexity index is 717. The lowest BCUT2D eigenvalue weighted by Crippen LogP contribution is -2.24. The van der Waals surface area contributed by atoms with Gasteiger partial charge in [0.1, 0.15) is 11.4 Å². The van der Waals surface area contributed by atoms with Crippen LogP contribution in [0.15, 0.2) is 29.2 Å². The van der Waals surface area contributed by atoms with Gasteiger partial charge in [-0.05, 0) is 31.0 Å². The maximum Gasteiger partial charge on any atom is 0.254 e. The Kier molecular flexibility index (Phi) is 2.23. The zero-order chi connectivity index (χ0) is 12.9. The number of rotatable bonds is 2. The number of nitrogens with two attached hydrogens (primary N) is 1. The number of amides is 1. The Morgan fingerprint density at radius 1 is 1.39 bits per heavy atom. The minimum absolute atomic E-state index is 0.0833. The Balaban J connectivity index is 2.43. The summed E-state index contributed by atoms with van der Waals surface area (Å²) in [7, 11) is 0. The minimum atomic E-state index is -0.777. The highest BCUT2D eigenvalue weighted by atomic mass is 19.1. The van der Waals surface area contributed by atoms with E-state index in [1.165, 1.54) is 12.3 Å². The van der Waals surface area contributed by atoms with E-state index in [0.717, 1.165) is 18.9 Å². The number of aromatic nitrogens is 1. The molecule has 3 rings (SSSR count). The third-order valence-electron chi connectivity index (χ3n) is 3.20. The first-order valence-corrected chi connectivity index (χ1v) is 5.72. The van der Waals surface area contributed by atoms with Gasteiger partial charge >= 0.3 is 0 Å². The summed E-state index contributed by atoms with van der Waals surface area (Å²) in [6.07, 6.45) is 3.48. The van der Waals surface area contributed by atoms with Crippen LogP contribution in [0.2, 0.25) is 0 Å². The van der Waals surface area contributed by atoms with E-state index in [9.17, 15) is 14.0 Å². The standard InChI is InChI=1S/C13H11FN2O2/c14-7-1-4-11-9(5-7)12(17)10(13(15)18)6-16(11)8-2-3-8/h1,4-6,8H,2-3H2,(H2,15,18). The number of carbonyl (C=O) groups is 1. The van der Waals surface area contributed by atoms with Crippen LogP contribution in [0.1, 0.15) is 29.2 Å². The smallest absolute Gasteiger partial charge is 0.254 e. The average Bonchev–Trinajstić information content (AvgIpc) is 3.14. The molecule has 1 aliphatic rings. The predicted molar refractivity (Wildman–Crippen MR) is 65.0 cm³/mol. The number of fused-ring (bicyclic) bond motifs is 1. The average molecular weight is 246 g/mol. The number of benzene rings is 1. The van der Waals surface area contributed by atoms with E-state index in [-0.39, 0.29) is 17.0 Å². The summed E-state index contributed by atoms with van der Waals surface area (Å²) in [6, 6.07) is 4.31. The quantitative estimate of drug-likeness (QED) is 0.874. The molecule has 2 aromatic rings.